The van der Waals surface area contributed by atoms with Crippen molar-refractivity contribution in [1.29, 1.82) is 0 Å². The first-order valence-corrected chi connectivity index (χ1v) is 7.79. The quantitative estimate of drug-likeness (QED) is 0.480. The van der Waals surface area contributed by atoms with Crippen LogP contribution >= 0.6 is 15.9 Å². The van der Waals surface area contributed by atoms with Crippen LogP contribution in [0.2, 0.25) is 0 Å². The molecule has 0 aliphatic rings. The molecule has 2 rings (SSSR count). The molecule has 23 heavy (non-hydrogen) atoms. The zero-order valence-corrected chi connectivity index (χ0v) is 13.9. The minimum absolute atomic E-state index is 0.360. The van der Waals surface area contributed by atoms with E-state index in [2.05, 4.69) is 32.1 Å². The molecule has 0 radical (unpaired) electrons. The van der Waals surface area contributed by atoms with Gasteiger partial charge in [-0.05, 0) is 52.7 Å². The Hall–Kier alpha value is -2.06. The highest BCUT2D eigenvalue weighted by atomic mass is 79.9. The van der Waals surface area contributed by atoms with Crippen LogP contribution in [0.5, 0.6) is 0 Å². The van der Waals surface area contributed by atoms with Crippen molar-refractivity contribution in [3.05, 3.63) is 52.6 Å². The number of urea groups is 1. The van der Waals surface area contributed by atoms with Gasteiger partial charge in [0.2, 0.25) is 0 Å². The molecule has 0 aliphatic carbocycles. The Labute approximate surface area is 141 Å². The van der Waals surface area contributed by atoms with Crippen LogP contribution in [0, 0.1) is 5.82 Å². The molecule has 3 N–H and O–H groups in total. The zero-order chi connectivity index (χ0) is 16.5. The van der Waals surface area contributed by atoms with Crippen molar-refractivity contribution in [2.45, 2.75) is 13.0 Å². The van der Waals surface area contributed by atoms with Gasteiger partial charge in [-0.25, -0.2) is 9.18 Å². The van der Waals surface area contributed by atoms with Crippen LogP contribution in [-0.4, -0.2) is 19.2 Å². The minimum atomic E-state index is -0.382. The molecule has 1 heterocycles. The molecule has 0 fully saturated rings. The van der Waals surface area contributed by atoms with Crippen LogP contribution in [0.3, 0.4) is 0 Å². The molecule has 0 saturated carbocycles. The lowest BCUT2D eigenvalue weighted by atomic mass is 10.3. The highest BCUT2D eigenvalue weighted by Crippen LogP contribution is 2.22. The van der Waals surface area contributed by atoms with E-state index in [9.17, 15) is 9.18 Å². The Morgan fingerprint density at radius 2 is 2.22 bits per heavy atom. The molecular formula is C15H17BrFN3O3. The van der Waals surface area contributed by atoms with Crippen LogP contribution < -0.4 is 16.2 Å². The van der Waals surface area contributed by atoms with Crippen LogP contribution in [0.1, 0.15) is 12.2 Å². The SMILES string of the molecule is O=C(NCCCOCc1ccco1)NNc1ccc(F)cc1Br. The molecule has 0 bridgehead atoms. The second-order valence-electron chi connectivity index (χ2n) is 4.62. The number of hydrazine groups is 1. The first-order valence-electron chi connectivity index (χ1n) is 7.00. The van der Waals surface area contributed by atoms with E-state index in [1.165, 1.54) is 18.2 Å². The molecule has 0 saturated heterocycles. The van der Waals surface area contributed by atoms with Gasteiger partial charge in [0.15, 0.2) is 0 Å². The van der Waals surface area contributed by atoms with Crippen molar-refractivity contribution in [2.75, 3.05) is 18.6 Å². The lowest BCUT2D eigenvalue weighted by Gasteiger charge is -2.11. The third-order valence-electron chi connectivity index (χ3n) is 2.82. The maximum atomic E-state index is 12.9. The highest BCUT2D eigenvalue weighted by molar-refractivity contribution is 9.10. The number of carbonyl (C=O) groups is 1. The van der Waals surface area contributed by atoms with Crippen molar-refractivity contribution in [1.82, 2.24) is 10.7 Å². The van der Waals surface area contributed by atoms with Gasteiger partial charge in [-0.3, -0.25) is 10.9 Å². The Morgan fingerprint density at radius 1 is 1.35 bits per heavy atom. The molecule has 0 unspecified atom stereocenters. The summed E-state index contributed by atoms with van der Waals surface area (Å²) in [6, 6.07) is 7.37. The largest absolute Gasteiger partial charge is 0.467 e. The molecule has 2 aromatic rings. The summed E-state index contributed by atoms with van der Waals surface area (Å²) in [5.41, 5.74) is 5.71. The number of benzene rings is 1. The van der Waals surface area contributed by atoms with Gasteiger partial charge in [0.05, 0.1) is 12.0 Å². The first kappa shape index (κ1) is 17.3. The Kier molecular flexibility index (Phi) is 6.89. The third-order valence-corrected chi connectivity index (χ3v) is 3.47. The van der Waals surface area contributed by atoms with Gasteiger partial charge >= 0.3 is 6.03 Å². The summed E-state index contributed by atoms with van der Waals surface area (Å²) in [5.74, 6) is 0.409. The van der Waals surface area contributed by atoms with Gasteiger partial charge in [0, 0.05) is 17.6 Å². The fraction of sp³-hybridized carbons (Fsp3) is 0.267. The number of carbonyl (C=O) groups excluding carboxylic acids is 1. The summed E-state index contributed by atoms with van der Waals surface area (Å²) < 4.78 is 24.0. The lowest BCUT2D eigenvalue weighted by Crippen LogP contribution is -2.39. The minimum Gasteiger partial charge on any atom is -0.467 e. The summed E-state index contributed by atoms with van der Waals surface area (Å²) in [7, 11) is 0. The van der Waals surface area contributed by atoms with Crippen molar-refractivity contribution >= 4 is 27.6 Å². The van der Waals surface area contributed by atoms with Gasteiger partial charge < -0.3 is 14.5 Å². The number of hydrogen-bond acceptors (Lipinski definition) is 4. The summed E-state index contributed by atoms with van der Waals surface area (Å²) in [6.07, 6.45) is 2.27. The van der Waals surface area contributed by atoms with Gasteiger partial charge in [-0.2, -0.15) is 0 Å². The second kappa shape index (κ2) is 9.16. The van der Waals surface area contributed by atoms with E-state index in [4.69, 9.17) is 9.15 Å². The average Bonchev–Trinajstić information content (AvgIpc) is 3.03. The molecule has 0 spiro atoms. The topological polar surface area (TPSA) is 75.5 Å². The van der Waals surface area contributed by atoms with Crippen molar-refractivity contribution in [2.24, 2.45) is 0 Å². The summed E-state index contributed by atoms with van der Waals surface area (Å²) in [5, 5.41) is 2.67. The van der Waals surface area contributed by atoms with E-state index in [0.717, 1.165) is 5.76 Å². The standard InChI is InChI=1S/C15H17BrFN3O3/c16-13-9-11(17)4-5-14(13)19-20-15(21)18-6-2-7-22-10-12-3-1-8-23-12/h1,3-5,8-9,19H,2,6-7,10H2,(H2,18,20,21). The molecule has 6 nitrogen and oxygen atoms in total. The smallest absolute Gasteiger partial charge is 0.333 e. The lowest BCUT2D eigenvalue weighted by molar-refractivity contribution is 0.104. The van der Waals surface area contributed by atoms with Crippen LogP contribution in [-0.2, 0) is 11.3 Å². The number of halogens is 2. The van der Waals surface area contributed by atoms with Gasteiger partial charge in [-0.1, -0.05) is 0 Å². The summed E-state index contributed by atoms with van der Waals surface area (Å²) >= 11 is 3.20. The van der Waals surface area contributed by atoms with Gasteiger partial charge in [0.25, 0.3) is 0 Å². The number of anilines is 1. The van der Waals surface area contributed by atoms with E-state index in [1.807, 2.05) is 6.07 Å². The van der Waals surface area contributed by atoms with E-state index in [1.54, 1.807) is 12.3 Å². The number of hydrogen-bond donors (Lipinski definition) is 3. The highest BCUT2D eigenvalue weighted by Gasteiger charge is 2.03. The molecule has 124 valence electrons. The number of rotatable bonds is 8. The van der Waals surface area contributed by atoms with E-state index in [-0.39, 0.29) is 11.8 Å². The van der Waals surface area contributed by atoms with Gasteiger partial charge in [0.1, 0.15) is 18.2 Å². The molecule has 0 aliphatic heterocycles. The Balaban J connectivity index is 1.54. The average molecular weight is 386 g/mol. The summed E-state index contributed by atoms with van der Waals surface area (Å²) in [6.45, 7) is 1.40. The van der Waals surface area contributed by atoms with Crippen LogP contribution in [0.15, 0.2) is 45.5 Å². The molecule has 2 amide bonds. The third kappa shape index (κ3) is 6.29. The fourth-order valence-electron chi connectivity index (χ4n) is 1.70. The van der Waals surface area contributed by atoms with Crippen LogP contribution in [0.4, 0.5) is 14.9 Å². The molecule has 0 atom stereocenters. The Bertz CT molecular complexity index is 622. The summed E-state index contributed by atoms with van der Waals surface area (Å²) in [4.78, 5) is 11.6. The number of amides is 2. The first-order chi connectivity index (χ1) is 11.1. The predicted molar refractivity (Wildman–Crippen MR) is 87.2 cm³/mol. The zero-order valence-electron chi connectivity index (χ0n) is 12.3. The fourth-order valence-corrected chi connectivity index (χ4v) is 2.15. The number of furan rings is 1. The molecule has 8 heteroatoms. The molecular weight excluding hydrogens is 369 g/mol. The van der Waals surface area contributed by atoms with E-state index >= 15 is 0 Å². The molecule has 1 aromatic carbocycles. The monoisotopic (exact) mass is 385 g/mol. The second-order valence-corrected chi connectivity index (χ2v) is 5.47. The Morgan fingerprint density at radius 3 is 2.96 bits per heavy atom. The number of nitrogens with one attached hydrogen (secondary N) is 3. The molecule has 1 aromatic heterocycles. The van der Waals surface area contributed by atoms with Gasteiger partial charge in [-0.15, -0.1) is 0 Å². The van der Waals surface area contributed by atoms with Crippen molar-refractivity contribution in [3.8, 4) is 0 Å². The normalized spacial score (nSPS) is 10.3. The van der Waals surface area contributed by atoms with Crippen LogP contribution in [0.25, 0.3) is 0 Å². The van der Waals surface area contributed by atoms with Crippen molar-refractivity contribution in [3.63, 3.8) is 0 Å². The predicted octanol–water partition coefficient (Wildman–Crippen LogP) is 3.41. The van der Waals surface area contributed by atoms with E-state index < -0.39 is 0 Å². The van der Waals surface area contributed by atoms with E-state index in [0.29, 0.717) is 36.3 Å². The maximum absolute atomic E-state index is 12.9. The van der Waals surface area contributed by atoms with Crippen molar-refractivity contribution < 1.29 is 18.3 Å². The maximum Gasteiger partial charge on any atom is 0.333 e. The number of ether oxygens (including phenoxy) is 1.